The molecule has 0 aliphatic heterocycles. The molecular formula is C19H20ClFN2O3. The fourth-order valence-electron chi connectivity index (χ4n) is 2.55. The van der Waals surface area contributed by atoms with E-state index in [2.05, 4.69) is 15.4 Å². The third-order valence-corrected chi connectivity index (χ3v) is 4.25. The molecule has 0 aliphatic rings. The third kappa shape index (κ3) is 5.20. The number of carbonyl (C=O) groups is 2. The molecule has 2 atom stereocenters. The molecule has 0 saturated carbocycles. The number of methoxy groups -OCH3 is 1. The van der Waals surface area contributed by atoms with Crippen molar-refractivity contribution in [1.82, 2.24) is 10.6 Å². The van der Waals surface area contributed by atoms with Gasteiger partial charge in [-0.1, -0.05) is 48.0 Å². The zero-order valence-electron chi connectivity index (χ0n) is 14.5. The molecule has 0 aliphatic carbocycles. The molecule has 7 heteroatoms. The Morgan fingerprint density at radius 1 is 1.08 bits per heavy atom. The number of amides is 2. The maximum Gasteiger partial charge on any atom is 0.315 e. The van der Waals surface area contributed by atoms with Crippen molar-refractivity contribution < 1.29 is 18.7 Å². The highest BCUT2D eigenvalue weighted by Gasteiger charge is 2.22. The largest absolute Gasteiger partial charge is 0.469 e. The summed E-state index contributed by atoms with van der Waals surface area (Å²) in [5, 5.41) is 5.78. The van der Waals surface area contributed by atoms with E-state index in [0.717, 1.165) is 0 Å². The molecule has 0 saturated heterocycles. The Balaban J connectivity index is 2.12. The molecule has 0 fully saturated rings. The first kappa shape index (κ1) is 19.7. The molecule has 2 rings (SSSR count). The summed E-state index contributed by atoms with van der Waals surface area (Å²) < 4.78 is 18.5. The molecule has 0 bridgehead atoms. The van der Waals surface area contributed by atoms with E-state index in [1.165, 1.54) is 13.2 Å². The smallest absolute Gasteiger partial charge is 0.315 e. The van der Waals surface area contributed by atoms with Crippen LogP contribution in [0, 0.1) is 5.82 Å². The summed E-state index contributed by atoms with van der Waals surface area (Å²) in [7, 11) is 1.27. The molecule has 0 heterocycles. The average molecular weight is 379 g/mol. The standard InChI is InChI=1S/C19H20ClFN2O3/c1-12(13-7-4-6-10-16(13)21)22-19(25)23-17(11-18(24)26-2)14-8-3-5-9-15(14)20/h3-10,12,17H,11H2,1-2H3,(H2,22,23,25). The van der Waals surface area contributed by atoms with E-state index in [0.29, 0.717) is 16.1 Å². The van der Waals surface area contributed by atoms with Gasteiger partial charge in [0.15, 0.2) is 0 Å². The Kier molecular flexibility index (Phi) is 6.97. The quantitative estimate of drug-likeness (QED) is 0.742. The minimum absolute atomic E-state index is 0.0816. The third-order valence-electron chi connectivity index (χ3n) is 3.90. The summed E-state index contributed by atoms with van der Waals surface area (Å²) in [5.41, 5.74) is 0.957. The maximum absolute atomic E-state index is 13.8. The molecule has 5 nitrogen and oxygen atoms in total. The minimum atomic E-state index is -0.677. The Hall–Kier alpha value is -2.60. The van der Waals surface area contributed by atoms with Crippen LogP contribution in [0.5, 0.6) is 0 Å². The van der Waals surface area contributed by atoms with Crippen LogP contribution in [0.25, 0.3) is 0 Å². The number of benzene rings is 2. The van der Waals surface area contributed by atoms with E-state index in [1.807, 2.05) is 0 Å². The first-order valence-electron chi connectivity index (χ1n) is 8.05. The van der Waals surface area contributed by atoms with Gasteiger partial charge in [0.2, 0.25) is 0 Å². The van der Waals surface area contributed by atoms with Crippen LogP contribution >= 0.6 is 11.6 Å². The molecule has 0 aromatic heterocycles. The van der Waals surface area contributed by atoms with Crippen LogP contribution in [0.15, 0.2) is 48.5 Å². The van der Waals surface area contributed by atoms with E-state index in [4.69, 9.17) is 11.6 Å². The predicted octanol–water partition coefficient (Wildman–Crippen LogP) is 4.14. The van der Waals surface area contributed by atoms with Crippen molar-refractivity contribution in [3.8, 4) is 0 Å². The second-order valence-corrected chi connectivity index (χ2v) is 6.12. The zero-order valence-corrected chi connectivity index (χ0v) is 15.2. The zero-order chi connectivity index (χ0) is 19.1. The van der Waals surface area contributed by atoms with Gasteiger partial charge in [-0.2, -0.15) is 0 Å². The van der Waals surface area contributed by atoms with Gasteiger partial charge in [0.1, 0.15) is 5.82 Å². The lowest BCUT2D eigenvalue weighted by Gasteiger charge is -2.22. The molecule has 138 valence electrons. The number of hydrogen-bond donors (Lipinski definition) is 2. The topological polar surface area (TPSA) is 67.4 Å². The summed E-state index contributed by atoms with van der Waals surface area (Å²) in [6.07, 6.45) is -0.0816. The number of urea groups is 1. The van der Waals surface area contributed by atoms with Gasteiger partial charge in [-0.25, -0.2) is 9.18 Å². The van der Waals surface area contributed by atoms with Gasteiger partial charge < -0.3 is 15.4 Å². The number of nitrogens with one attached hydrogen (secondary N) is 2. The van der Waals surface area contributed by atoms with Crippen molar-refractivity contribution in [2.75, 3.05) is 7.11 Å². The fourth-order valence-corrected chi connectivity index (χ4v) is 2.81. The lowest BCUT2D eigenvalue weighted by molar-refractivity contribution is -0.141. The average Bonchev–Trinajstić information content (AvgIpc) is 2.61. The lowest BCUT2D eigenvalue weighted by atomic mass is 10.0. The van der Waals surface area contributed by atoms with Crippen LogP contribution in [-0.4, -0.2) is 19.1 Å². The van der Waals surface area contributed by atoms with Crippen molar-refractivity contribution in [3.63, 3.8) is 0 Å². The second kappa shape index (κ2) is 9.20. The number of hydrogen-bond acceptors (Lipinski definition) is 3. The van der Waals surface area contributed by atoms with E-state index in [-0.39, 0.29) is 6.42 Å². The van der Waals surface area contributed by atoms with Crippen LogP contribution in [0.3, 0.4) is 0 Å². The first-order chi connectivity index (χ1) is 12.4. The van der Waals surface area contributed by atoms with E-state index in [1.54, 1.807) is 49.4 Å². The highest BCUT2D eigenvalue weighted by molar-refractivity contribution is 6.31. The van der Waals surface area contributed by atoms with Crippen molar-refractivity contribution in [2.24, 2.45) is 0 Å². The van der Waals surface area contributed by atoms with Crippen molar-refractivity contribution in [3.05, 3.63) is 70.5 Å². The van der Waals surface area contributed by atoms with Crippen LogP contribution < -0.4 is 10.6 Å². The molecule has 2 unspecified atom stereocenters. The summed E-state index contributed by atoms with van der Waals surface area (Å²) >= 11 is 6.18. The normalized spacial score (nSPS) is 12.8. The lowest BCUT2D eigenvalue weighted by Crippen LogP contribution is -2.40. The van der Waals surface area contributed by atoms with Crippen LogP contribution in [-0.2, 0) is 9.53 Å². The molecule has 2 N–H and O–H groups in total. The SMILES string of the molecule is COC(=O)CC(NC(=O)NC(C)c1ccccc1F)c1ccccc1Cl. The summed E-state index contributed by atoms with van der Waals surface area (Å²) in [6.45, 7) is 1.67. The van der Waals surface area contributed by atoms with E-state index in [9.17, 15) is 14.0 Å². The second-order valence-electron chi connectivity index (χ2n) is 5.72. The molecule has 0 radical (unpaired) electrons. The molecule has 2 amide bonds. The molecule has 2 aromatic carbocycles. The van der Waals surface area contributed by atoms with Gasteiger partial charge >= 0.3 is 12.0 Å². The Morgan fingerprint density at radius 3 is 2.31 bits per heavy atom. The summed E-state index contributed by atoms with van der Waals surface area (Å²) in [4.78, 5) is 24.1. The van der Waals surface area contributed by atoms with Crippen molar-refractivity contribution >= 4 is 23.6 Å². The molecular weight excluding hydrogens is 359 g/mol. The van der Waals surface area contributed by atoms with Crippen LogP contribution in [0.4, 0.5) is 9.18 Å². The van der Waals surface area contributed by atoms with E-state index >= 15 is 0 Å². The van der Waals surface area contributed by atoms with Crippen LogP contribution in [0.1, 0.15) is 36.6 Å². The van der Waals surface area contributed by atoms with Gasteiger partial charge in [-0.05, 0) is 24.6 Å². The Labute approximate surface area is 156 Å². The van der Waals surface area contributed by atoms with E-state index < -0.39 is 29.9 Å². The highest BCUT2D eigenvalue weighted by atomic mass is 35.5. The Morgan fingerprint density at radius 2 is 1.69 bits per heavy atom. The first-order valence-corrected chi connectivity index (χ1v) is 8.43. The fraction of sp³-hybridized carbons (Fsp3) is 0.263. The maximum atomic E-state index is 13.8. The molecule has 2 aromatic rings. The molecule has 0 spiro atoms. The predicted molar refractivity (Wildman–Crippen MR) is 97.3 cm³/mol. The number of esters is 1. The van der Waals surface area contributed by atoms with Gasteiger partial charge in [0.25, 0.3) is 0 Å². The summed E-state index contributed by atoms with van der Waals surface area (Å²) in [6, 6.07) is 11.3. The number of rotatable bonds is 6. The number of halogens is 2. The monoisotopic (exact) mass is 378 g/mol. The summed E-state index contributed by atoms with van der Waals surface area (Å²) in [5.74, 6) is -0.894. The van der Waals surface area contributed by atoms with Crippen molar-refractivity contribution in [1.29, 1.82) is 0 Å². The van der Waals surface area contributed by atoms with Gasteiger partial charge in [-0.3, -0.25) is 4.79 Å². The van der Waals surface area contributed by atoms with Gasteiger partial charge in [0, 0.05) is 10.6 Å². The Bertz CT molecular complexity index is 785. The highest BCUT2D eigenvalue weighted by Crippen LogP contribution is 2.25. The molecule has 26 heavy (non-hydrogen) atoms. The van der Waals surface area contributed by atoms with Gasteiger partial charge in [0.05, 0.1) is 25.6 Å². The number of carbonyl (C=O) groups excluding carboxylic acids is 2. The van der Waals surface area contributed by atoms with Crippen LogP contribution in [0.2, 0.25) is 5.02 Å². The number of ether oxygens (including phenoxy) is 1. The minimum Gasteiger partial charge on any atom is -0.469 e. The van der Waals surface area contributed by atoms with Gasteiger partial charge in [-0.15, -0.1) is 0 Å². The van der Waals surface area contributed by atoms with Crippen molar-refractivity contribution in [2.45, 2.75) is 25.4 Å².